The maximum atomic E-state index is 5.90. The van der Waals surface area contributed by atoms with Gasteiger partial charge < -0.3 is 10.1 Å². The number of rotatable bonds is 8. The molecule has 0 aromatic heterocycles. The van der Waals surface area contributed by atoms with E-state index in [9.17, 15) is 0 Å². The molecule has 0 bridgehead atoms. The summed E-state index contributed by atoms with van der Waals surface area (Å²) in [5.41, 5.74) is 1.31. The van der Waals surface area contributed by atoms with Crippen LogP contribution < -0.4 is 5.32 Å². The van der Waals surface area contributed by atoms with Crippen molar-refractivity contribution in [1.82, 2.24) is 5.32 Å². The molecule has 21 heavy (non-hydrogen) atoms. The van der Waals surface area contributed by atoms with Gasteiger partial charge in [0.05, 0.1) is 5.60 Å². The molecule has 0 saturated heterocycles. The minimum Gasteiger partial charge on any atom is -0.376 e. The van der Waals surface area contributed by atoms with Gasteiger partial charge in [-0.25, -0.2) is 0 Å². The summed E-state index contributed by atoms with van der Waals surface area (Å²) in [4.78, 5) is 0. The van der Waals surface area contributed by atoms with E-state index in [1.807, 2.05) is 0 Å². The van der Waals surface area contributed by atoms with Crippen molar-refractivity contribution in [2.24, 2.45) is 5.92 Å². The molecule has 0 amide bonds. The zero-order valence-electron chi connectivity index (χ0n) is 14.1. The van der Waals surface area contributed by atoms with Crippen molar-refractivity contribution in [3.05, 3.63) is 34.3 Å². The van der Waals surface area contributed by atoms with Crippen LogP contribution in [0, 0.1) is 5.92 Å². The summed E-state index contributed by atoms with van der Waals surface area (Å²) in [7, 11) is 0. The Balaban J connectivity index is 2.61. The van der Waals surface area contributed by atoms with Crippen molar-refractivity contribution in [1.29, 1.82) is 0 Å². The molecule has 0 radical (unpaired) electrons. The first-order valence-electron chi connectivity index (χ1n) is 7.88. The maximum Gasteiger partial charge on any atom is 0.0598 e. The second-order valence-electron chi connectivity index (χ2n) is 7.05. The van der Waals surface area contributed by atoms with Gasteiger partial charge in [-0.3, -0.25) is 0 Å². The van der Waals surface area contributed by atoms with Gasteiger partial charge >= 0.3 is 0 Å². The molecule has 0 aliphatic carbocycles. The van der Waals surface area contributed by atoms with E-state index in [4.69, 9.17) is 4.74 Å². The molecule has 0 saturated carbocycles. The number of hydrogen-bond acceptors (Lipinski definition) is 2. The van der Waals surface area contributed by atoms with Crippen LogP contribution in [0.25, 0.3) is 0 Å². The Hall–Kier alpha value is -0.380. The fourth-order valence-corrected chi connectivity index (χ4v) is 2.62. The van der Waals surface area contributed by atoms with E-state index in [1.54, 1.807) is 0 Å². The number of nitrogens with one attached hydrogen (secondary N) is 1. The molecule has 0 heterocycles. The highest BCUT2D eigenvalue weighted by Gasteiger charge is 2.15. The van der Waals surface area contributed by atoms with Gasteiger partial charge in [-0.15, -0.1) is 0 Å². The van der Waals surface area contributed by atoms with E-state index < -0.39 is 0 Å². The molecule has 0 aliphatic heterocycles. The topological polar surface area (TPSA) is 21.3 Å². The first-order chi connectivity index (χ1) is 9.78. The number of halogens is 1. The van der Waals surface area contributed by atoms with Crippen LogP contribution in [0.5, 0.6) is 0 Å². The van der Waals surface area contributed by atoms with E-state index in [0.717, 1.165) is 30.6 Å². The van der Waals surface area contributed by atoms with Crippen LogP contribution in [-0.2, 0) is 4.74 Å². The predicted molar refractivity (Wildman–Crippen MR) is 94.9 cm³/mol. The zero-order valence-corrected chi connectivity index (χ0v) is 15.7. The summed E-state index contributed by atoms with van der Waals surface area (Å²) in [6.45, 7) is 13.7. The zero-order chi connectivity index (χ0) is 15.9. The predicted octanol–water partition coefficient (Wildman–Crippen LogP) is 4.98. The minimum absolute atomic E-state index is 0.0623. The van der Waals surface area contributed by atoms with Gasteiger partial charge in [0, 0.05) is 17.6 Å². The molecule has 0 aliphatic rings. The van der Waals surface area contributed by atoms with E-state index in [-0.39, 0.29) is 5.60 Å². The third-order valence-corrected chi connectivity index (χ3v) is 3.76. The molecule has 1 aromatic carbocycles. The average Bonchev–Trinajstić information content (AvgIpc) is 2.35. The number of hydrogen-bond donors (Lipinski definition) is 1. The molecular formula is C18H30BrNO. The van der Waals surface area contributed by atoms with Crippen molar-refractivity contribution in [3.63, 3.8) is 0 Å². The van der Waals surface area contributed by atoms with Crippen LogP contribution in [0.15, 0.2) is 28.7 Å². The number of ether oxygens (including phenoxy) is 1. The third-order valence-electron chi connectivity index (χ3n) is 3.26. The number of benzene rings is 1. The van der Waals surface area contributed by atoms with E-state index in [2.05, 4.69) is 80.1 Å². The Kier molecular flexibility index (Phi) is 7.93. The normalized spacial score (nSPS) is 13.7. The van der Waals surface area contributed by atoms with Crippen LogP contribution in [-0.4, -0.2) is 25.3 Å². The highest BCUT2D eigenvalue weighted by molar-refractivity contribution is 9.10. The van der Waals surface area contributed by atoms with Crippen LogP contribution in [0.1, 0.15) is 52.5 Å². The van der Waals surface area contributed by atoms with Gasteiger partial charge in [-0.1, -0.05) is 41.9 Å². The van der Waals surface area contributed by atoms with Gasteiger partial charge in [0.15, 0.2) is 0 Å². The Morgan fingerprint density at radius 3 is 2.48 bits per heavy atom. The monoisotopic (exact) mass is 355 g/mol. The summed E-state index contributed by atoms with van der Waals surface area (Å²) < 4.78 is 7.04. The van der Waals surface area contributed by atoms with Gasteiger partial charge in [0.25, 0.3) is 0 Å². The Bertz CT molecular complexity index is 412. The van der Waals surface area contributed by atoms with Gasteiger partial charge in [-0.05, 0) is 63.3 Å². The Morgan fingerprint density at radius 2 is 1.90 bits per heavy atom. The fraction of sp³-hybridized carbons (Fsp3) is 0.667. The summed E-state index contributed by atoms with van der Waals surface area (Å²) >= 11 is 3.57. The highest BCUT2D eigenvalue weighted by atomic mass is 79.9. The molecular weight excluding hydrogens is 326 g/mol. The average molecular weight is 356 g/mol. The van der Waals surface area contributed by atoms with Gasteiger partial charge in [0.2, 0.25) is 0 Å². The van der Waals surface area contributed by atoms with Crippen LogP contribution in [0.3, 0.4) is 0 Å². The summed E-state index contributed by atoms with van der Waals surface area (Å²) in [5, 5.41) is 3.58. The van der Waals surface area contributed by atoms with Crippen LogP contribution in [0.2, 0.25) is 0 Å². The lowest BCUT2D eigenvalue weighted by atomic mass is 9.95. The molecule has 3 heteroatoms. The second kappa shape index (κ2) is 8.92. The second-order valence-corrected chi connectivity index (χ2v) is 7.97. The molecule has 1 aromatic rings. The molecule has 1 atom stereocenters. The van der Waals surface area contributed by atoms with Crippen molar-refractivity contribution < 1.29 is 4.74 Å². The molecule has 2 nitrogen and oxygen atoms in total. The SMILES string of the molecule is CC(C)CNCC(CCOC(C)(C)C)c1cccc(Br)c1. The highest BCUT2D eigenvalue weighted by Crippen LogP contribution is 2.23. The Morgan fingerprint density at radius 1 is 1.19 bits per heavy atom. The molecule has 0 spiro atoms. The van der Waals surface area contributed by atoms with E-state index in [0.29, 0.717) is 11.8 Å². The summed E-state index contributed by atoms with van der Waals surface area (Å²) in [5.74, 6) is 1.17. The standard InChI is InChI=1S/C18H30BrNO/c1-14(2)12-20-13-16(9-10-21-18(3,4)5)15-7-6-8-17(19)11-15/h6-8,11,14,16,20H,9-10,12-13H2,1-5H3. The van der Waals surface area contributed by atoms with Gasteiger partial charge in [0.1, 0.15) is 0 Å². The summed E-state index contributed by atoms with van der Waals surface area (Å²) in [6.07, 6.45) is 1.04. The fourth-order valence-electron chi connectivity index (χ4n) is 2.20. The van der Waals surface area contributed by atoms with Crippen molar-refractivity contribution in [2.75, 3.05) is 19.7 Å². The minimum atomic E-state index is -0.0623. The molecule has 1 N–H and O–H groups in total. The molecule has 1 rings (SSSR count). The van der Waals surface area contributed by atoms with Gasteiger partial charge in [-0.2, -0.15) is 0 Å². The molecule has 1 unspecified atom stereocenters. The molecule has 0 fully saturated rings. The molecule has 120 valence electrons. The van der Waals surface area contributed by atoms with Crippen LogP contribution >= 0.6 is 15.9 Å². The smallest absolute Gasteiger partial charge is 0.0598 e. The first kappa shape index (κ1) is 18.7. The summed E-state index contributed by atoms with van der Waals surface area (Å²) in [6, 6.07) is 8.62. The van der Waals surface area contributed by atoms with E-state index in [1.165, 1.54) is 5.56 Å². The largest absolute Gasteiger partial charge is 0.376 e. The van der Waals surface area contributed by atoms with Crippen molar-refractivity contribution >= 4 is 15.9 Å². The lowest BCUT2D eigenvalue weighted by molar-refractivity contribution is -0.00624. The van der Waals surface area contributed by atoms with Crippen LogP contribution in [0.4, 0.5) is 0 Å². The quantitative estimate of drug-likeness (QED) is 0.709. The lowest BCUT2D eigenvalue weighted by Gasteiger charge is -2.23. The van der Waals surface area contributed by atoms with E-state index >= 15 is 0 Å². The van der Waals surface area contributed by atoms with Crippen molar-refractivity contribution in [2.45, 2.75) is 52.6 Å². The van der Waals surface area contributed by atoms with Crippen molar-refractivity contribution in [3.8, 4) is 0 Å². The lowest BCUT2D eigenvalue weighted by Crippen LogP contribution is -2.27. The third kappa shape index (κ3) is 8.60. The first-order valence-corrected chi connectivity index (χ1v) is 8.67. The Labute approximate surface area is 138 Å². The maximum absolute atomic E-state index is 5.90.